The Labute approximate surface area is 221 Å². The van der Waals surface area contributed by atoms with Gasteiger partial charge in [0.05, 0.1) is 12.4 Å². The predicted octanol–water partition coefficient (Wildman–Crippen LogP) is 8.99. The number of hydrogen-bond acceptors (Lipinski definition) is 3. The predicted molar refractivity (Wildman–Crippen MR) is 148 cm³/mol. The van der Waals surface area contributed by atoms with Gasteiger partial charge in [-0.05, 0) is 110 Å². The van der Waals surface area contributed by atoms with Gasteiger partial charge < -0.3 is 14.9 Å². The van der Waals surface area contributed by atoms with Crippen molar-refractivity contribution in [3.63, 3.8) is 0 Å². The summed E-state index contributed by atoms with van der Waals surface area (Å²) in [6.07, 6.45) is 19.5. The van der Waals surface area contributed by atoms with Crippen LogP contribution in [0.1, 0.15) is 119 Å². The highest BCUT2D eigenvalue weighted by molar-refractivity contribution is 5.57. The van der Waals surface area contributed by atoms with Crippen molar-refractivity contribution in [2.45, 2.75) is 125 Å². The number of carbonyl (C=O) groups is 1. The van der Waals surface area contributed by atoms with Gasteiger partial charge in [0, 0.05) is 0 Å². The fourth-order valence-electron chi connectivity index (χ4n) is 8.87. The largest absolute Gasteiger partial charge is 0.510 e. The molecule has 8 atom stereocenters. The van der Waals surface area contributed by atoms with Gasteiger partial charge in [-0.1, -0.05) is 72.5 Å². The van der Waals surface area contributed by atoms with Gasteiger partial charge in [0.25, 0.3) is 0 Å². The van der Waals surface area contributed by atoms with Crippen LogP contribution < -0.4 is 0 Å². The molecular weight excluding hydrogens is 448 g/mol. The first-order valence-electron chi connectivity index (χ1n) is 14.9. The maximum atomic E-state index is 10.2. The van der Waals surface area contributed by atoms with E-state index in [0.717, 1.165) is 61.0 Å². The van der Waals surface area contributed by atoms with Gasteiger partial charge in [-0.2, -0.15) is 0 Å². The molecule has 0 aliphatic heterocycles. The lowest BCUT2D eigenvalue weighted by Gasteiger charge is -2.58. The van der Waals surface area contributed by atoms with Gasteiger partial charge in [0.15, 0.2) is 0 Å². The number of aliphatic hydroxyl groups excluding tert-OH is 1. The highest BCUT2D eigenvalue weighted by Gasteiger charge is 2.59. The summed E-state index contributed by atoms with van der Waals surface area (Å²) < 4.78 is 4.02. The molecule has 4 aliphatic rings. The van der Waals surface area contributed by atoms with E-state index in [-0.39, 0.29) is 6.10 Å². The number of carboxylic acid groups (broad SMARTS) is 1. The van der Waals surface area contributed by atoms with Crippen LogP contribution in [0.25, 0.3) is 0 Å². The molecular formula is C32H54O4. The summed E-state index contributed by atoms with van der Waals surface area (Å²) in [6.45, 7) is 14.5. The molecule has 206 valence electrons. The van der Waals surface area contributed by atoms with Crippen molar-refractivity contribution in [2.75, 3.05) is 0 Å². The third kappa shape index (κ3) is 6.40. The Bertz CT molecular complexity index is 785. The maximum Gasteiger partial charge on any atom is 0.510 e. The molecule has 0 saturated heterocycles. The summed E-state index contributed by atoms with van der Waals surface area (Å²) in [7, 11) is 0. The van der Waals surface area contributed by atoms with Gasteiger partial charge in [-0.25, -0.2) is 4.79 Å². The molecule has 0 amide bonds. The highest BCUT2D eigenvalue weighted by Crippen LogP contribution is 2.67. The molecule has 36 heavy (non-hydrogen) atoms. The Morgan fingerprint density at radius 3 is 2.53 bits per heavy atom. The Morgan fingerprint density at radius 1 is 1.11 bits per heavy atom. The van der Waals surface area contributed by atoms with E-state index in [4.69, 9.17) is 5.11 Å². The molecule has 1 unspecified atom stereocenters. The molecule has 3 saturated carbocycles. The third-order valence-corrected chi connectivity index (χ3v) is 10.8. The smallest absolute Gasteiger partial charge is 0.449 e. The van der Waals surface area contributed by atoms with Crippen LogP contribution in [0.2, 0.25) is 0 Å². The minimum absolute atomic E-state index is 0.0766. The molecule has 4 aliphatic carbocycles. The van der Waals surface area contributed by atoms with E-state index in [1.807, 2.05) is 6.92 Å². The third-order valence-electron chi connectivity index (χ3n) is 10.8. The number of fused-ring (bicyclic) bond motifs is 5. The van der Waals surface area contributed by atoms with E-state index >= 15 is 0 Å². The summed E-state index contributed by atoms with van der Waals surface area (Å²) in [6, 6.07) is 0. The first kappa shape index (κ1) is 29.3. The molecule has 0 aromatic carbocycles. The van der Waals surface area contributed by atoms with Crippen molar-refractivity contribution in [1.82, 2.24) is 0 Å². The molecule has 4 rings (SSSR count). The van der Waals surface area contributed by atoms with Gasteiger partial charge in [0.1, 0.15) is 0 Å². The fraction of sp³-hybridized carbons (Fsp3) is 0.844. The van der Waals surface area contributed by atoms with Crippen molar-refractivity contribution in [1.29, 1.82) is 0 Å². The normalized spacial score (nSPS) is 38.3. The van der Waals surface area contributed by atoms with E-state index < -0.39 is 6.16 Å². The molecule has 3 fully saturated rings. The van der Waals surface area contributed by atoms with Crippen molar-refractivity contribution in [3.05, 3.63) is 24.0 Å². The Hall–Kier alpha value is -1.29. The van der Waals surface area contributed by atoms with Crippen molar-refractivity contribution >= 4 is 6.16 Å². The number of ether oxygens (including phenoxy) is 1. The molecule has 0 bridgehead atoms. The van der Waals surface area contributed by atoms with Crippen LogP contribution in [-0.2, 0) is 4.74 Å². The van der Waals surface area contributed by atoms with E-state index in [9.17, 15) is 9.90 Å². The van der Waals surface area contributed by atoms with Crippen LogP contribution in [0.4, 0.5) is 4.79 Å². The number of rotatable bonds is 7. The van der Waals surface area contributed by atoms with Gasteiger partial charge in [0.2, 0.25) is 0 Å². The summed E-state index contributed by atoms with van der Waals surface area (Å²) in [5.41, 5.74) is 2.60. The summed E-state index contributed by atoms with van der Waals surface area (Å²) in [5.74, 6) is 5.46. The average molecular weight is 503 g/mol. The van der Waals surface area contributed by atoms with Gasteiger partial charge in [-0.3, -0.25) is 0 Å². The number of allylic oxidation sites excluding steroid dienone is 2. The van der Waals surface area contributed by atoms with Crippen LogP contribution in [0.5, 0.6) is 0 Å². The van der Waals surface area contributed by atoms with E-state index in [1.165, 1.54) is 57.8 Å². The second kappa shape index (κ2) is 12.5. The summed E-state index contributed by atoms with van der Waals surface area (Å²) in [5, 5.41) is 18.1. The Morgan fingerprint density at radius 2 is 1.86 bits per heavy atom. The minimum atomic E-state index is -1.27. The van der Waals surface area contributed by atoms with Crippen LogP contribution >= 0.6 is 0 Å². The second-order valence-electron chi connectivity index (χ2n) is 13.4. The number of aliphatic hydroxyl groups is 1. The van der Waals surface area contributed by atoms with Gasteiger partial charge >= 0.3 is 6.16 Å². The molecule has 0 spiro atoms. The van der Waals surface area contributed by atoms with E-state index in [0.29, 0.717) is 10.8 Å². The van der Waals surface area contributed by atoms with Crippen molar-refractivity contribution < 1.29 is 19.7 Å². The van der Waals surface area contributed by atoms with E-state index in [1.54, 1.807) is 11.6 Å². The number of hydrogen-bond donors (Lipinski definition) is 2. The average Bonchev–Trinajstić information content (AvgIpc) is 3.17. The van der Waals surface area contributed by atoms with E-state index in [2.05, 4.69) is 45.4 Å². The van der Waals surface area contributed by atoms with Gasteiger partial charge in [-0.15, -0.1) is 0 Å². The topological polar surface area (TPSA) is 66.8 Å². The first-order valence-corrected chi connectivity index (χ1v) is 14.9. The monoisotopic (exact) mass is 502 g/mol. The van der Waals surface area contributed by atoms with Crippen molar-refractivity contribution in [3.8, 4) is 0 Å². The van der Waals surface area contributed by atoms with Crippen molar-refractivity contribution in [2.24, 2.45) is 46.3 Å². The quantitative estimate of drug-likeness (QED) is 0.207. The lowest BCUT2D eigenvalue weighted by atomic mass is 9.47. The Kier molecular flexibility index (Phi) is 10.2. The lowest BCUT2D eigenvalue weighted by molar-refractivity contribution is -0.0573. The second-order valence-corrected chi connectivity index (χ2v) is 13.4. The molecule has 0 radical (unpaired) electrons. The standard InChI is InChI=1S/C27H46O.C5H8O3/c1-18(2)7-6-8-19(3)23-11-12-24-22-10-9-20-17-21(28)13-15-26(20,4)25(22)14-16-27(23,24)5;1-2-3-4-8-5(6)7/h9,18-19,21-25,28H,6-8,10-17H2,1-5H3;3-4H,2H2,1H3,(H,6,7)/t19?,21-,22-,23+,24-,25-,26-,27+;/m0./s1. The minimum Gasteiger partial charge on any atom is -0.449 e. The fourth-order valence-corrected chi connectivity index (χ4v) is 8.87. The highest BCUT2D eigenvalue weighted by atomic mass is 16.7. The van der Waals surface area contributed by atoms with Crippen LogP contribution in [-0.4, -0.2) is 22.5 Å². The SMILES string of the molecule is CC(C)CCCC(C)[C@H]1CC[C@H]2[C@@H]3CC=C4C[C@@H](O)CC[C@]4(C)[C@H]3CC[C@]12C.CCC=COC(=O)O. The molecule has 0 aromatic heterocycles. The summed E-state index contributed by atoms with van der Waals surface area (Å²) in [4.78, 5) is 9.60. The van der Waals surface area contributed by atoms with Crippen LogP contribution in [0.15, 0.2) is 24.0 Å². The molecule has 2 N–H and O–H groups in total. The van der Waals surface area contributed by atoms with Crippen LogP contribution in [0, 0.1) is 46.3 Å². The zero-order valence-electron chi connectivity index (χ0n) is 24.0. The lowest BCUT2D eigenvalue weighted by Crippen LogP contribution is -2.50. The molecule has 0 aromatic rings. The van der Waals surface area contributed by atoms with Crippen LogP contribution in [0.3, 0.4) is 0 Å². The molecule has 4 nitrogen and oxygen atoms in total. The molecule has 0 heterocycles. The zero-order chi connectivity index (χ0) is 26.5. The maximum absolute atomic E-state index is 10.2. The first-order chi connectivity index (χ1) is 17.0. The molecule has 4 heteroatoms. The summed E-state index contributed by atoms with van der Waals surface area (Å²) >= 11 is 0. The Balaban J connectivity index is 0.000000392. The zero-order valence-corrected chi connectivity index (χ0v) is 24.0.